The molecular formula is C25H26ClF4N3O3. The van der Waals surface area contributed by atoms with Crippen molar-refractivity contribution in [1.29, 1.82) is 0 Å². The summed E-state index contributed by atoms with van der Waals surface area (Å²) in [5.41, 5.74) is -1.54. The van der Waals surface area contributed by atoms with E-state index in [0.717, 1.165) is 18.3 Å². The van der Waals surface area contributed by atoms with Gasteiger partial charge in [0, 0.05) is 17.8 Å². The van der Waals surface area contributed by atoms with Crippen LogP contribution in [0.3, 0.4) is 0 Å². The molecule has 0 aliphatic heterocycles. The molecule has 5 rings (SSSR count). The maximum atomic E-state index is 13.6. The number of amides is 2. The first-order valence-corrected chi connectivity index (χ1v) is 12.0. The Hall–Kier alpha value is -2.88. The quantitative estimate of drug-likeness (QED) is 0.494. The van der Waals surface area contributed by atoms with E-state index in [0.29, 0.717) is 37.8 Å². The van der Waals surface area contributed by atoms with Gasteiger partial charge in [0.05, 0.1) is 28.2 Å². The Bertz CT molecular complexity index is 1130. The van der Waals surface area contributed by atoms with E-state index in [4.69, 9.17) is 16.3 Å². The Morgan fingerprint density at radius 3 is 2.47 bits per heavy atom. The minimum Gasteiger partial charge on any atom is -0.484 e. The third-order valence-electron chi connectivity index (χ3n) is 7.44. The molecule has 3 aliphatic rings. The number of halogens is 5. The Kier molecular flexibility index (Phi) is 7.19. The maximum Gasteiger partial charge on any atom is 0.417 e. The number of nitrogens with zero attached hydrogens (tertiary/aromatic N) is 1. The molecule has 0 spiro atoms. The van der Waals surface area contributed by atoms with Crippen LogP contribution in [-0.4, -0.2) is 28.9 Å². The SMILES string of the molecule is C[C@@H]1CC2(NC(=O)COc3ccc(Cl)c(F)c3)CCC1(C(=O)NCc1ccc(C(F)(F)F)cn1)CC2. The molecule has 3 saturated carbocycles. The van der Waals surface area contributed by atoms with Gasteiger partial charge in [0.1, 0.15) is 11.6 Å². The summed E-state index contributed by atoms with van der Waals surface area (Å²) in [5, 5.41) is 5.87. The van der Waals surface area contributed by atoms with E-state index < -0.39 is 28.5 Å². The van der Waals surface area contributed by atoms with Crippen LogP contribution in [0.2, 0.25) is 5.02 Å². The monoisotopic (exact) mass is 527 g/mol. The molecular weight excluding hydrogens is 502 g/mol. The van der Waals surface area contributed by atoms with E-state index in [1.165, 1.54) is 18.2 Å². The number of hydrogen-bond acceptors (Lipinski definition) is 4. The lowest BCUT2D eigenvalue weighted by molar-refractivity contribution is -0.146. The fourth-order valence-corrected chi connectivity index (χ4v) is 5.49. The molecule has 1 aromatic carbocycles. The zero-order valence-corrected chi connectivity index (χ0v) is 20.3. The van der Waals surface area contributed by atoms with Crippen molar-refractivity contribution in [2.75, 3.05) is 6.61 Å². The molecule has 0 unspecified atom stereocenters. The van der Waals surface area contributed by atoms with Crippen molar-refractivity contribution in [3.05, 3.63) is 58.6 Å². The Labute approximate surface area is 210 Å². The number of hydrogen-bond donors (Lipinski definition) is 2. The second-order valence-corrected chi connectivity index (χ2v) is 10.1. The van der Waals surface area contributed by atoms with Crippen molar-refractivity contribution in [1.82, 2.24) is 15.6 Å². The van der Waals surface area contributed by atoms with Crippen LogP contribution in [0.25, 0.3) is 0 Å². The van der Waals surface area contributed by atoms with E-state index in [1.54, 1.807) is 0 Å². The lowest BCUT2D eigenvalue weighted by Gasteiger charge is -2.56. The van der Waals surface area contributed by atoms with Gasteiger partial charge in [-0.3, -0.25) is 14.6 Å². The maximum absolute atomic E-state index is 13.6. The first-order valence-electron chi connectivity index (χ1n) is 11.6. The predicted octanol–water partition coefficient (Wildman–Crippen LogP) is 5.04. The second kappa shape index (κ2) is 9.88. The minimum absolute atomic E-state index is 0.0212. The number of alkyl halides is 3. The average molecular weight is 528 g/mol. The van der Waals surface area contributed by atoms with Crippen LogP contribution < -0.4 is 15.4 Å². The number of rotatable bonds is 7. The molecule has 1 heterocycles. The first kappa shape index (κ1) is 26.2. The van der Waals surface area contributed by atoms with E-state index in [9.17, 15) is 27.2 Å². The summed E-state index contributed by atoms with van der Waals surface area (Å²) in [6, 6.07) is 6.15. The molecule has 0 radical (unpaired) electrons. The number of fused-ring (bicyclic) bond motifs is 3. The van der Waals surface area contributed by atoms with Crippen molar-refractivity contribution in [2.45, 2.75) is 57.3 Å². The van der Waals surface area contributed by atoms with Gasteiger partial charge in [-0.1, -0.05) is 18.5 Å². The summed E-state index contributed by atoms with van der Waals surface area (Å²) in [6.07, 6.45) is -0.716. The van der Waals surface area contributed by atoms with Gasteiger partial charge in [-0.25, -0.2) is 4.39 Å². The minimum atomic E-state index is -4.46. The number of carbonyl (C=O) groups is 2. The van der Waals surface area contributed by atoms with Gasteiger partial charge in [0.25, 0.3) is 5.91 Å². The molecule has 3 aliphatic carbocycles. The number of pyridine rings is 1. The largest absolute Gasteiger partial charge is 0.484 e. The van der Waals surface area contributed by atoms with Crippen LogP contribution in [0, 0.1) is 17.2 Å². The zero-order chi connectivity index (χ0) is 26.1. The van der Waals surface area contributed by atoms with Crippen LogP contribution in [0.15, 0.2) is 36.5 Å². The second-order valence-electron chi connectivity index (χ2n) is 9.67. The molecule has 6 nitrogen and oxygen atoms in total. The number of carbonyl (C=O) groups excluding carboxylic acids is 2. The van der Waals surface area contributed by atoms with E-state index in [1.807, 2.05) is 6.92 Å². The third-order valence-corrected chi connectivity index (χ3v) is 7.75. The van der Waals surface area contributed by atoms with Crippen LogP contribution in [-0.2, 0) is 22.3 Å². The summed E-state index contributed by atoms with van der Waals surface area (Å²) in [5.74, 6) is -0.935. The highest BCUT2D eigenvalue weighted by molar-refractivity contribution is 6.30. The van der Waals surface area contributed by atoms with Crippen molar-refractivity contribution in [3.8, 4) is 5.75 Å². The first-order chi connectivity index (χ1) is 16.9. The van der Waals surface area contributed by atoms with Gasteiger partial charge < -0.3 is 15.4 Å². The molecule has 3 fully saturated rings. The Balaban J connectivity index is 1.30. The Morgan fingerprint density at radius 2 is 1.89 bits per heavy atom. The number of nitrogens with one attached hydrogen (secondary N) is 2. The summed E-state index contributed by atoms with van der Waals surface area (Å²) in [4.78, 5) is 29.5. The highest BCUT2D eigenvalue weighted by Gasteiger charge is 2.56. The highest BCUT2D eigenvalue weighted by Crippen LogP contribution is 2.55. The van der Waals surface area contributed by atoms with Gasteiger partial charge in [-0.15, -0.1) is 0 Å². The number of ether oxygens (including phenoxy) is 1. The van der Waals surface area contributed by atoms with Crippen LogP contribution in [0.4, 0.5) is 17.6 Å². The lowest BCUT2D eigenvalue weighted by Crippen LogP contribution is -2.63. The van der Waals surface area contributed by atoms with Gasteiger partial charge in [0.15, 0.2) is 6.61 Å². The summed E-state index contributed by atoms with van der Waals surface area (Å²) in [6.45, 7) is 1.74. The summed E-state index contributed by atoms with van der Waals surface area (Å²) >= 11 is 5.65. The molecule has 11 heteroatoms. The molecule has 1 aromatic heterocycles. The van der Waals surface area contributed by atoms with Gasteiger partial charge in [-0.2, -0.15) is 13.2 Å². The fraction of sp³-hybridized carbons (Fsp3) is 0.480. The molecule has 2 N–H and O–H groups in total. The van der Waals surface area contributed by atoms with Crippen molar-refractivity contribution >= 4 is 23.4 Å². The van der Waals surface area contributed by atoms with Crippen molar-refractivity contribution in [2.24, 2.45) is 11.3 Å². The average Bonchev–Trinajstić information content (AvgIpc) is 2.83. The molecule has 2 bridgehead atoms. The smallest absolute Gasteiger partial charge is 0.417 e. The fourth-order valence-electron chi connectivity index (χ4n) is 5.37. The molecule has 36 heavy (non-hydrogen) atoms. The standard InChI is InChI=1S/C25H26ClF4N3O3/c1-15-11-23(33-21(34)14-36-18-4-5-19(26)20(27)10-18)6-8-24(15,9-7-23)22(35)32-13-17-3-2-16(12-31-17)25(28,29)30/h2-5,10,12,15H,6-9,11,13-14H2,1H3,(H,32,35)(H,33,34)/t15-,23?,24?/m1/s1. The number of benzene rings is 1. The predicted molar refractivity (Wildman–Crippen MR) is 124 cm³/mol. The summed E-state index contributed by atoms with van der Waals surface area (Å²) < 4.78 is 57.1. The molecule has 2 amide bonds. The van der Waals surface area contributed by atoms with Crippen LogP contribution >= 0.6 is 11.6 Å². The lowest BCUT2D eigenvalue weighted by atomic mass is 9.52. The summed E-state index contributed by atoms with van der Waals surface area (Å²) in [7, 11) is 0. The third kappa shape index (κ3) is 5.43. The van der Waals surface area contributed by atoms with Crippen molar-refractivity contribution in [3.63, 3.8) is 0 Å². The normalized spacial score (nSPS) is 25.3. The van der Waals surface area contributed by atoms with E-state index in [-0.39, 0.29) is 41.7 Å². The molecule has 194 valence electrons. The van der Waals surface area contributed by atoms with E-state index in [2.05, 4.69) is 15.6 Å². The zero-order valence-electron chi connectivity index (χ0n) is 19.6. The van der Waals surface area contributed by atoms with Crippen LogP contribution in [0.1, 0.15) is 50.3 Å². The Morgan fingerprint density at radius 1 is 1.17 bits per heavy atom. The number of aromatic nitrogens is 1. The van der Waals surface area contributed by atoms with Crippen LogP contribution in [0.5, 0.6) is 5.75 Å². The molecule has 0 saturated heterocycles. The van der Waals surface area contributed by atoms with Gasteiger partial charge in [0.2, 0.25) is 5.91 Å². The highest BCUT2D eigenvalue weighted by atomic mass is 35.5. The molecule has 1 atom stereocenters. The van der Waals surface area contributed by atoms with E-state index >= 15 is 0 Å². The molecule has 2 aromatic rings. The van der Waals surface area contributed by atoms with Gasteiger partial charge in [-0.05, 0) is 62.3 Å². The topological polar surface area (TPSA) is 80.3 Å². The van der Waals surface area contributed by atoms with Gasteiger partial charge >= 0.3 is 6.18 Å². The van der Waals surface area contributed by atoms with Crippen molar-refractivity contribution < 1.29 is 31.9 Å².